The second kappa shape index (κ2) is 4.72. The first-order valence-electron chi connectivity index (χ1n) is 6.11. The predicted molar refractivity (Wildman–Crippen MR) is 65.7 cm³/mol. The third kappa shape index (κ3) is 2.24. The molecule has 1 aliphatic carbocycles. The van der Waals surface area contributed by atoms with E-state index in [4.69, 9.17) is 4.74 Å². The van der Waals surface area contributed by atoms with Gasteiger partial charge in [0.1, 0.15) is 5.82 Å². The van der Waals surface area contributed by atoms with Crippen molar-refractivity contribution < 1.29 is 4.74 Å². The Kier molecular flexibility index (Phi) is 2.92. The van der Waals surface area contributed by atoms with Crippen LogP contribution in [0.3, 0.4) is 0 Å². The molecule has 17 heavy (non-hydrogen) atoms. The molecule has 0 saturated carbocycles. The normalized spacial score (nSPS) is 18.2. The maximum atomic E-state index is 5.94. The van der Waals surface area contributed by atoms with Crippen LogP contribution in [0.2, 0.25) is 0 Å². The first-order chi connectivity index (χ1) is 8.43. The highest BCUT2D eigenvalue weighted by Crippen LogP contribution is 2.33. The number of fused-ring (bicyclic) bond motifs is 1. The van der Waals surface area contributed by atoms with Crippen LogP contribution in [0.25, 0.3) is 0 Å². The molecule has 0 spiro atoms. The fourth-order valence-electron chi connectivity index (χ4n) is 2.42. The molecule has 3 rings (SSSR count). The van der Waals surface area contributed by atoms with Crippen molar-refractivity contribution in [3.63, 3.8) is 0 Å². The number of benzene rings is 1. The average molecular weight is 228 g/mol. The van der Waals surface area contributed by atoms with E-state index in [1.807, 2.05) is 6.20 Å². The summed E-state index contributed by atoms with van der Waals surface area (Å²) in [5.74, 6) is 0.997. The number of imidazole rings is 1. The van der Waals surface area contributed by atoms with Crippen molar-refractivity contribution in [3.8, 4) is 0 Å². The molecule has 1 aromatic heterocycles. The second-order valence-electron chi connectivity index (χ2n) is 4.38. The van der Waals surface area contributed by atoms with Gasteiger partial charge in [0.25, 0.3) is 0 Å². The van der Waals surface area contributed by atoms with Gasteiger partial charge in [0.15, 0.2) is 0 Å². The van der Waals surface area contributed by atoms with Crippen LogP contribution in [-0.2, 0) is 17.6 Å². The Morgan fingerprint density at radius 1 is 1.35 bits per heavy atom. The molecule has 1 heterocycles. The second-order valence-corrected chi connectivity index (χ2v) is 4.38. The fraction of sp³-hybridized carbons (Fsp3) is 0.357. The fourth-order valence-corrected chi connectivity index (χ4v) is 2.42. The SMILES string of the molecule is c1ccc2c(c1)CCC2OCCc1ncc[nH]1. The number of nitrogens with zero attached hydrogens (tertiary/aromatic N) is 1. The lowest BCUT2D eigenvalue weighted by molar-refractivity contribution is 0.0554. The molecular weight excluding hydrogens is 212 g/mol. The van der Waals surface area contributed by atoms with Gasteiger partial charge in [-0.1, -0.05) is 24.3 Å². The van der Waals surface area contributed by atoms with Crippen LogP contribution in [0.1, 0.15) is 29.5 Å². The van der Waals surface area contributed by atoms with Crippen LogP contribution in [0, 0.1) is 0 Å². The van der Waals surface area contributed by atoms with Crippen molar-refractivity contribution >= 4 is 0 Å². The van der Waals surface area contributed by atoms with Gasteiger partial charge in [-0.15, -0.1) is 0 Å². The average Bonchev–Trinajstić information content (AvgIpc) is 2.99. The van der Waals surface area contributed by atoms with E-state index in [-0.39, 0.29) is 6.10 Å². The monoisotopic (exact) mass is 228 g/mol. The maximum absolute atomic E-state index is 5.94. The molecule has 0 aliphatic heterocycles. The molecule has 0 amide bonds. The first-order valence-corrected chi connectivity index (χ1v) is 6.11. The van der Waals surface area contributed by atoms with E-state index >= 15 is 0 Å². The van der Waals surface area contributed by atoms with Crippen molar-refractivity contribution in [2.75, 3.05) is 6.61 Å². The third-order valence-electron chi connectivity index (χ3n) is 3.29. The lowest BCUT2D eigenvalue weighted by Crippen LogP contribution is -2.05. The molecule has 1 aromatic carbocycles. The highest BCUT2D eigenvalue weighted by Gasteiger charge is 2.22. The number of hydrogen-bond donors (Lipinski definition) is 1. The van der Waals surface area contributed by atoms with Crippen molar-refractivity contribution in [1.29, 1.82) is 0 Å². The quantitative estimate of drug-likeness (QED) is 0.873. The summed E-state index contributed by atoms with van der Waals surface area (Å²) in [4.78, 5) is 7.28. The van der Waals surface area contributed by atoms with E-state index in [2.05, 4.69) is 34.2 Å². The molecular formula is C14H16N2O. The van der Waals surface area contributed by atoms with E-state index in [0.717, 1.165) is 31.7 Å². The van der Waals surface area contributed by atoms with Crippen LogP contribution in [0.15, 0.2) is 36.7 Å². The Morgan fingerprint density at radius 3 is 3.18 bits per heavy atom. The topological polar surface area (TPSA) is 37.9 Å². The summed E-state index contributed by atoms with van der Waals surface area (Å²) in [5.41, 5.74) is 2.81. The number of hydrogen-bond acceptors (Lipinski definition) is 2. The zero-order valence-electron chi connectivity index (χ0n) is 9.73. The molecule has 3 heteroatoms. The van der Waals surface area contributed by atoms with Crippen molar-refractivity contribution in [1.82, 2.24) is 9.97 Å². The Balaban J connectivity index is 1.57. The Bertz CT molecular complexity index is 479. The summed E-state index contributed by atoms with van der Waals surface area (Å²) in [6, 6.07) is 8.57. The molecule has 1 N–H and O–H groups in total. The van der Waals surface area contributed by atoms with Gasteiger partial charge in [-0.2, -0.15) is 0 Å². The molecule has 0 saturated heterocycles. The predicted octanol–water partition coefficient (Wildman–Crippen LogP) is 2.66. The molecule has 1 atom stereocenters. The summed E-state index contributed by atoms with van der Waals surface area (Å²) in [6.45, 7) is 0.729. The number of H-pyrrole nitrogens is 1. The van der Waals surface area contributed by atoms with E-state index in [1.165, 1.54) is 11.1 Å². The molecule has 3 nitrogen and oxygen atoms in total. The molecule has 88 valence electrons. The highest BCUT2D eigenvalue weighted by atomic mass is 16.5. The standard InChI is InChI=1S/C14H16N2O/c1-2-4-12-11(3-1)5-6-13(12)17-10-7-14-15-8-9-16-14/h1-4,8-9,13H,5-7,10H2,(H,15,16). The van der Waals surface area contributed by atoms with E-state index < -0.39 is 0 Å². The van der Waals surface area contributed by atoms with Crippen molar-refractivity contribution in [3.05, 3.63) is 53.6 Å². The summed E-state index contributed by atoms with van der Waals surface area (Å²) in [7, 11) is 0. The molecule has 0 fully saturated rings. The number of aryl methyl sites for hydroxylation is 1. The minimum absolute atomic E-state index is 0.279. The largest absolute Gasteiger partial charge is 0.373 e. The van der Waals surface area contributed by atoms with Crippen LogP contribution >= 0.6 is 0 Å². The summed E-state index contributed by atoms with van der Waals surface area (Å²) in [6.07, 6.45) is 7.01. The number of ether oxygens (including phenoxy) is 1. The zero-order chi connectivity index (χ0) is 11.5. The van der Waals surface area contributed by atoms with Crippen LogP contribution < -0.4 is 0 Å². The molecule has 0 bridgehead atoms. The molecule has 0 radical (unpaired) electrons. The number of aromatic nitrogens is 2. The summed E-state index contributed by atoms with van der Waals surface area (Å²) >= 11 is 0. The summed E-state index contributed by atoms with van der Waals surface area (Å²) < 4.78 is 5.94. The van der Waals surface area contributed by atoms with Gasteiger partial charge >= 0.3 is 0 Å². The van der Waals surface area contributed by atoms with E-state index in [0.29, 0.717) is 0 Å². The van der Waals surface area contributed by atoms with Gasteiger partial charge in [0.05, 0.1) is 12.7 Å². The lowest BCUT2D eigenvalue weighted by Gasteiger charge is -2.12. The maximum Gasteiger partial charge on any atom is 0.108 e. The number of aromatic amines is 1. The van der Waals surface area contributed by atoms with Gasteiger partial charge in [-0.05, 0) is 24.0 Å². The Morgan fingerprint density at radius 2 is 2.29 bits per heavy atom. The van der Waals surface area contributed by atoms with Crippen molar-refractivity contribution in [2.45, 2.75) is 25.4 Å². The van der Waals surface area contributed by atoms with Gasteiger partial charge in [0, 0.05) is 18.8 Å². The van der Waals surface area contributed by atoms with Crippen LogP contribution in [0.4, 0.5) is 0 Å². The number of nitrogens with one attached hydrogen (secondary N) is 1. The van der Waals surface area contributed by atoms with Crippen LogP contribution in [-0.4, -0.2) is 16.6 Å². The minimum Gasteiger partial charge on any atom is -0.373 e. The summed E-state index contributed by atoms with van der Waals surface area (Å²) in [5, 5.41) is 0. The van der Waals surface area contributed by atoms with Gasteiger partial charge in [-0.25, -0.2) is 4.98 Å². The van der Waals surface area contributed by atoms with Crippen molar-refractivity contribution in [2.24, 2.45) is 0 Å². The Labute approximate surface area is 101 Å². The Hall–Kier alpha value is -1.61. The third-order valence-corrected chi connectivity index (χ3v) is 3.29. The molecule has 1 unspecified atom stereocenters. The van der Waals surface area contributed by atoms with Gasteiger partial charge < -0.3 is 9.72 Å². The molecule has 2 aromatic rings. The van der Waals surface area contributed by atoms with E-state index in [1.54, 1.807) is 6.20 Å². The lowest BCUT2D eigenvalue weighted by atomic mass is 10.1. The van der Waals surface area contributed by atoms with Gasteiger partial charge in [0.2, 0.25) is 0 Å². The number of rotatable bonds is 4. The minimum atomic E-state index is 0.279. The highest BCUT2D eigenvalue weighted by molar-refractivity contribution is 5.33. The van der Waals surface area contributed by atoms with E-state index in [9.17, 15) is 0 Å². The van der Waals surface area contributed by atoms with Crippen LogP contribution in [0.5, 0.6) is 0 Å². The zero-order valence-corrected chi connectivity index (χ0v) is 9.73. The smallest absolute Gasteiger partial charge is 0.108 e. The van der Waals surface area contributed by atoms with Gasteiger partial charge in [-0.3, -0.25) is 0 Å². The first kappa shape index (κ1) is 10.5. The molecule has 1 aliphatic rings.